The van der Waals surface area contributed by atoms with Crippen LogP contribution in [0.2, 0.25) is 18.1 Å². The van der Waals surface area contributed by atoms with E-state index in [2.05, 4.69) is 67.5 Å². The Labute approximate surface area is 211 Å². The minimum absolute atomic E-state index is 0.0646. The van der Waals surface area contributed by atoms with Crippen molar-refractivity contribution in [3.8, 4) is 0 Å². The summed E-state index contributed by atoms with van der Waals surface area (Å²) in [5.41, 5.74) is 1.14. The number of hydrogen-bond donors (Lipinski definition) is 0. The molecule has 1 aliphatic carbocycles. The van der Waals surface area contributed by atoms with Crippen LogP contribution in [0.3, 0.4) is 0 Å². The summed E-state index contributed by atoms with van der Waals surface area (Å²) in [4.78, 5) is 0. The van der Waals surface area contributed by atoms with Gasteiger partial charge in [0.25, 0.3) is 0 Å². The number of fused-ring (bicyclic) bond motifs is 1. The summed E-state index contributed by atoms with van der Waals surface area (Å²) >= 11 is 0. The Morgan fingerprint density at radius 3 is 2.35 bits per heavy atom. The molecule has 0 aromatic carbocycles. The summed E-state index contributed by atoms with van der Waals surface area (Å²) in [5, 5.41) is 0. The van der Waals surface area contributed by atoms with Crippen LogP contribution in [0, 0.1) is 16.7 Å². The molecule has 0 saturated carbocycles. The molecule has 0 radical (unpaired) electrons. The van der Waals surface area contributed by atoms with Crippen LogP contribution in [0.25, 0.3) is 0 Å². The molecule has 0 aromatic rings. The van der Waals surface area contributed by atoms with Crippen LogP contribution in [-0.4, -0.2) is 40.0 Å². The highest BCUT2D eigenvalue weighted by Crippen LogP contribution is 2.73. The van der Waals surface area contributed by atoms with E-state index in [1.165, 1.54) is 23.7 Å². The molecule has 2 heterocycles. The quantitative estimate of drug-likeness (QED) is 0.193. The van der Waals surface area contributed by atoms with Gasteiger partial charge < -0.3 is 18.6 Å². The molecule has 0 spiro atoms. The second kappa shape index (κ2) is 10.0. The van der Waals surface area contributed by atoms with Gasteiger partial charge in [-0.1, -0.05) is 39.3 Å². The average Bonchev–Trinajstić information content (AvgIpc) is 3.28. The number of rotatable bonds is 13. The van der Waals surface area contributed by atoms with Crippen LogP contribution in [0.1, 0.15) is 93.9 Å². The smallest absolute Gasteiger partial charge is 0.192 e. The first-order chi connectivity index (χ1) is 15.9. The van der Waals surface area contributed by atoms with E-state index in [0.717, 1.165) is 44.3 Å². The number of allylic oxidation sites excluding steroid dienone is 3. The van der Waals surface area contributed by atoms with Crippen molar-refractivity contribution in [2.75, 3.05) is 14.2 Å². The van der Waals surface area contributed by atoms with Crippen molar-refractivity contribution >= 4 is 8.32 Å². The Morgan fingerprint density at radius 2 is 1.82 bits per heavy atom. The van der Waals surface area contributed by atoms with Gasteiger partial charge in [0.1, 0.15) is 5.76 Å². The van der Waals surface area contributed by atoms with Gasteiger partial charge in [0.15, 0.2) is 14.1 Å². The molecule has 2 fully saturated rings. The highest BCUT2D eigenvalue weighted by Gasteiger charge is 2.77. The van der Waals surface area contributed by atoms with Crippen LogP contribution in [-0.2, 0) is 18.6 Å². The molecule has 0 aromatic heterocycles. The largest absolute Gasteiger partial charge is 0.501 e. The first-order valence-corrected chi connectivity index (χ1v) is 16.3. The molecule has 2 saturated heterocycles. The zero-order valence-corrected chi connectivity index (χ0v) is 24.8. The van der Waals surface area contributed by atoms with Crippen molar-refractivity contribution < 1.29 is 18.6 Å². The van der Waals surface area contributed by atoms with Crippen molar-refractivity contribution in [3.05, 3.63) is 23.5 Å². The normalized spacial score (nSPS) is 34.8. The van der Waals surface area contributed by atoms with E-state index in [1.807, 2.05) is 7.11 Å². The van der Waals surface area contributed by atoms with Gasteiger partial charge in [0.05, 0.1) is 24.2 Å². The number of hydrogen-bond acceptors (Lipinski definition) is 4. The van der Waals surface area contributed by atoms with Gasteiger partial charge in [-0.15, -0.1) is 0 Å². The van der Waals surface area contributed by atoms with Crippen LogP contribution < -0.4 is 0 Å². The Kier molecular flexibility index (Phi) is 8.25. The predicted octanol–water partition coefficient (Wildman–Crippen LogP) is 8.00. The van der Waals surface area contributed by atoms with E-state index in [0.29, 0.717) is 5.92 Å². The lowest BCUT2D eigenvalue weighted by molar-refractivity contribution is -0.261. The fourth-order valence-corrected chi connectivity index (χ4v) is 10.8. The third-order valence-corrected chi connectivity index (χ3v) is 14.7. The average molecular weight is 493 g/mol. The van der Waals surface area contributed by atoms with Crippen LogP contribution >= 0.6 is 0 Å². The highest BCUT2D eigenvalue weighted by molar-refractivity contribution is 6.73. The van der Waals surface area contributed by atoms with Gasteiger partial charge in [-0.05, 0) is 90.4 Å². The van der Waals surface area contributed by atoms with Crippen molar-refractivity contribution in [1.82, 2.24) is 0 Å². The molecular formula is C29H52O4Si. The minimum atomic E-state index is -1.62. The summed E-state index contributed by atoms with van der Waals surface area (Å²) in [6.45, 7) is 18.4. The fourth-order valence-electron chi connectivity index (χ4n) is 7.59. The minimum Gasteiger partial charge on any atom is -0.501 e. The molecule has 0 amide bonds. The van der Waals surface area contributed by atoms with Crippen LogP contribution in [0.5, 0.6) is 0 Å². The standard InChI is InChI=1S/C29H52O4Si/c1-11-34(12-2,13-3)33-26(6,7)18-14-19-27(8)23-15-16-24(30-9)28(20-17-22(4)5)21-25(27)32-29(23,28)31-10/h16-17,23,25H,11-15,18-21H2,1-10H3/t23-,25+,27+,28-,29?/m1/s1. The lowest BCUT2D eigenvalue weighted by Crippen LogP contribution is -2.59. The summed E-state index contributed by atoms with van der Waals surface area (Å²) in [6, 6.07) is 3.62. The molecule has 0 N–H and O–H groups in total. The van der Waals surface area contributed by atoms with E-state index in [9.17, 15) is 0 Å². The van der Waals surface area contributed by atoms with Crippen molar-refractivity contribution in [2.45, 2.75) is 130 Å². The number of ether oxygens (including phenoxy) is 3. The first kappa shape index (κ1) is 28.0. The maximum absolute atomic E-state index is 6.90. The van der Waals surface area contributed by atoms with Gasteiger partial charge in [-0.25, -0.2) is 0 Å². The van der Waals surface area contributed by atoms with Crippen molar-refractivity contribution in [1.29, 1.82) is 0 Å². The summed E-state index contributed by atoms with van der Waals surface area (Å²) in [5.74, 6) is 0.800. The maximum atomic E-state index is 6.90. The van der Waals surface area contributed by atoms with Gasteiger partial charge in [0, 0.05) is 18.4 Å². The van der Waals surface area contributed by atoms with E-state index in [-0.39, 0.29) is 22.5 Å². The Bertz CT molecular complexity index is 773. The van der Waals surface area contributed by atoms with Gasteiger partial charge in [0.2, 0.25) is 0 Å². The highest BCUT2D eigenvalue weighted by atomic mass is 28.4. The molecule has 3 rings (SSSR count). The van der Waals surface area contributed by atoms with Gasteiger partial charge >= 0.3 is 0 Å². The van der Waals surface area contributed by atoms with Crippen LogP contribution in [0.4, 0.5) is 0 Å². The molecule has 2 bridgehead atoms. The van der Waals surface area contributed by atoms with Crippen molar-refractivity contribution in [2.24, 2.45) is 16.7 Å². The lowest BCUT2D eigenvalue weighted by Gasteiger charge is -2.55. The molecule has 5 heteroatoms. The fraction of sp³-hybridized carbons (Fsp3) is 0.862. The van der Waals surface area contributed by atoms with E-state index < -0.39 is 14.1 Å². The second-order valence-electron chi connectivity index (χ2n) is 12.3. The van der Waals surface area contributed by atoms with E-state index in [4.69, 9.17) is 18.6 Å². The Balaban J connectivity index is 1.79. The Hall–Kier alpha value is -0.623. The third-order valence-electron chi connectivity index (χ3n) is 9.82. The molecule has 5 atom stereocenters. The van der Waals surface area contributed by atoms with Crippen LogP contribution in [0.15, 0.2) is 23.5 Å². The zero-order chi connectivity index (χ0) is 25.4. The zero-order valence-electron chi connectivity index (χ0n) is 23.8. The Morgan fingerprint density at radius 1 is 1.18 bits per heavy atom. The molecule has 4 nitrogen and oxygen atoms in total. The summed E-state index contributed by atoms with van der Waals surface area (Å²) < 4.78 is 26.1. The predicted molar refractivity (Wildman–Crippen MR) is 143 cm³/mol. The third kappa shape index (κ3) is 4.37. The molecule has 1 unspecified atom stereocenters. The van der Waals surface area contributed by atoms with Gasteiger partial charge in [-0.2, -0.15) is 0 Å². The molecule has 196 valence electrons. The topological polar surface area (TPSA) is 36.9 Å². The van der Waals surface area contributed by atoms with E-state index in [1.54, 1.807) is 7.11 Å². The van der Waals surface area contributed by atoms with Gasteiger partial charge in [-0.3, -0.25) is 0 Å². The lowest BCUT2D eigenvalue weighted by atomic mass is 9.51. The van der Waals surface area contributed by atoms with E-state index >= 15 is 0 Å². The summed E-state index contributed by atoms with van der Waals surface area (Å²) in [7, 11) is 2.03. The maximum Gasteiger partial charge on any atom is 0.192 e. The monoisotopic (exact) mass is 492 g/mol. The molecular weight excluding hydrogens is 440 g/mol. The van der Waals surface area contributed by atoms with Crippen molar-refractivity contribution in [3.63, 3.8) is 0 Å². The number of methoxy groups -OCH3 is 2. The molecule has 2 aliphatic heterocycles. The first-order valence-electron chi connectivity index (χ1n) is 13.7. The second-order valence-corrected chi connectivity index (χ2v) is 17.0. The SMILES string of the molecule is CC[Si](CC)(CC)OC(C)(C)CCC[C@]1(C)[C@@H]2C[C@]3(CC=C(C)C)C(OC)=CC[C@H]1C3(OC)O2. The summed E-state index contributed by atoms with van der Waals surface area (Å²) in [6.07, 6.45) is 11.1. The molecule has 34 heavy (non-hydrogen) atoms. The molecule has 3 aliphatic rings.